The van der Waals surface area contributed by atoms with E-state index in [1.165, 1.54) is 12.1 Å². The van der Waals surface area contributed by atoms with Crippen LogP contribution in [0.3, 0.4) is 0 Å². The van der Waals surface area contributed by atoms with Gasteiger partial charge in [-0.2, -0.15) is 13.2 Å². The molecule has 0 aliphatic rings. The maximum atomic E-state index is 12.5. The summed E-state index contributed by atoms with van der Waals surface area (Å²) in [6.07, 6.45) is -4.38. The molecular formula is C16H13BrF3NO2. The number of aliphatic hydroxyl groups excluding tert-OH is 1. The lowest BCUT2D eigenvalue weighted by atomic mass is 10.1. The molecule has 0 saturated heterocycles. The summed E-state index contributed by atoms with van der Waals surface area (Å²) in [6, 6.07) is 9.45. The average Bonchev–Trinajstić information content (AvgIpc) is 2.52. The normalized spacial score (nSPS) is 11.3. The van der Waals surface area contributed by atoms with Crippen LogP contribution in [-0.4, -0.2) is 11.0 Å². The number of amides is 1. The molecule has 0 heterocycles. The molecular weight excluding hydrogens is 375 g/mol. The number of alkyl halides is 3. The van der Waals surface area contributed by atoms with Gasteiger partial charge in [0.05, 0.1) is 12.2 Å². The van der Waals surface area contributed by atoms with Crippen LogP contribution >= 0.6 is 15.9 Å². The van der Waals surface area contributed by atoms with Crippen molar-refractivity contribution >= 4 is 21.8 Å². The summed E-state index contributed by atoms with van der Waals surface area (Å²) in [7, 11) is 0. The van der Waals surface area contributed by atoms with E-state index in [4.69, 9.17) is 0 Å². The Morgan fingerprint density at radius 3 is 2.35 bits per heavy atom. The molecule has 2 aromatic rings. The van der Waals surface area contributed by atoms with Crippen molar-refractivity contribution in [2.45, 2.75) is 19.3 Å². The van der Waals surface area contributed by atoms with Gasteiger partial charge in [0.15, 0.2) is 0 Å². The summed E-state index contributed by atoms with van der Waals surface area (Å²) in [6.45, 7) is -0.194. The van der Waals surface area contributed by atoms with Crippen LogP contribution in [0.4, 0.5) is 13.2 Å². The molecule has 0 unspecified atom stereocenters. The number of hydrogen-bond donors (Lipinski definition) is 2. The van der Waals surface area contributed by atoms with E-state index < -0.39 is 17.6 Å². The topological polar surface area (TPSA) is 49.3 Å². The smallest absolute Gasteiger partial charge is 0.392 e. The Balaban J connectivity index is 2.05. The first-order valence-electron chi connectivity index (χ1n) is 6.65. The fourth-order valence-corrected chi connectivity index (χ4v) is 2.41. The highest BCUT2D eigenvalue weighted by Gasteiger charge is 2.29. The van der Waals surface area contributed by atoms with Crippen molar-refractivity contribution < 1.29 is 23.1 Å². The van der Waals surface area contributed by atoms with Crippen molar-refractivity contribution in [2.24, 2.45) is 0 Å². The standard InChI is InChI=1S/C16H13BrF3NO2/c17-13-5-6-14(11(7-13)9-22)15(23)21-8-10-1-3-12(4-2-10)16(18,19)20/h1-7,22H,8-9H2,(H,21,23). The van der Waals surface area contributed by atoms with E-state index in [0.29, 0.717) is 16.7 Å². The van der Waals surface area contributed by atoms with Gasteiger partial charge in [0.25, 0.3) is 5.91 Å². The van der Waals surface area contributed by atoms with Gasteiger partial charge in [0.1, 0.15) is 0 Å². The number of hydrogen-bond acceptors (Lipinski definition) is 2. The van der Waals surface area contributed by atoms with E-state index in [-0.39, 0.29) is 13.2 Å². The van der Waals surface area contributed by atoms with Crippen LogP contribution in [0.1, 0.15) is 27.0 Å². The Bertz CT molecular complexity index is 699. The van der Waals surface area contributed by atoms with E-state index in [2.05, 4.69) is 21.2 Å². The number of carbonyl (C=O) groups is 1. The average molecular weight is 388 g/mol. The minimum Gasteiger partial charge on any atom is -0.392 e. The van der Waals surface area contributed by atoms with Crippen molar-refractivity contribution in [3.05, 3.63) is 69.2 Å². The molecule has 0 spiro atoms. The molecule has 0 fully saturated rings. The maximum absolute atomic E-state index is 12.5. The van der Waals surface area contributed by atoms with Crippen LogP contribution in [0.25, 0.3) is 0 Å². The van der Waals surface area contributed by atoms with Crippen molar-refractivity contribution in [1.82, 2.24) is 5.32 Å². The van der Waals surface area contributed by atoms with Crippen LogP contribution in [0.5, 0.6) is 0 Å². The van der Waals surface area contributed by atoms with E-state index in [1.807, 2.05) is 0 Å². The summed E-state index contributed by atoms with van der Waals surface area (Å²) in [5.41, 5.74) is 0.601. The quantitative estimate of drug-likeness (QED) is 0.835. The van der Waals surface area contributed by atoms with E-state index in [9.17, 15) is 23.1 Å². The molecule has 3 nitrogen and oxygen atoms in total. The van der Waals surface area contributed by atoms with Crippen LogP contribution in [0.15, 0.2) is 46.9 Å². The molecule has 0 aliphatic carbocycles. The van der Waals surface area contributed by atoms with Gasteiger partial charge in [-0.1, -0.05) is 28.1 Å². The molecule has 2 rings (SSSR count). The Morgan fingerprint density at radius 2 is 1.78 bits per heavy atom. The zero-order valence-electron chi connectivity index (χ0n) is 11.8. The largest absolute Gasteiger partial charge is 0.416 e. The maximum Gasteiger partial charge on any atom is 0.416 e. The molecule has 2 aromatic carbocycles. The van der Waals surface area contributed by atoms with Gasteiger partial charge < -0.3 is 10.4 Å². The van der Waals surface area contributed by atoms with Crippen molar-refractivity contribution in [3.8, 4) is 0 Å². The van der Waals surface area contributed by atoms with Crippen LogP contribution in [0, 0.1) is 0 Å². The first-order valence-corrected chi connectivity index (χ1v) is 7.44. The lowest BCUT2D eigenvalue weighted by Gasteiger charge is -2.10. The van der Waals surface area contributed by atoms with Gasteiger partial charge in [-0.25, -0.2) is 0 Å². The molecule has 122 valence electrons. The van der Waals surface area contributed by atoms with E-state index >= 15 is 0 Å². The molecule has 0 saturated carbocycles. The van der Waals surface area contributed by atoms with Crippen LogP contribution in [0.2, 0.25) is 0 Å². The summed E-state index contributed by atoms with van der Waals surface area (Å²) < 4.78 is 38.2. The zero-order chi connectivity index (χ0) is 17.0. The predicted molar refractivity (Wildman–Crippen MR) is 82.7 cm³/mol. The number of rotatable bonds is 4. The fraction of sp³-hybridized carbons (Fsp3) is 0.188. The van der Waals surface area contributed by atoms with Gasteiger partial charge >= 0.3 is 6.18 Å². The molecule has 0 radical (unpaired) electrons. The Morgan fingerprint density at radius 1 is 1.13 bits per heavy atom. The summed E-state index contributed by atoms with van der Waals surface area (Å²) in [5, 5.41) is 11.9. The molecule has 1 amide bonds. The third kappa shape index (κ3) is 4.56. The van der Waals surface area contributed by atoms with Crippen LogP contribution in [-0.2, 0) is 19.3 Å². The number of benzene rings is 2. The number of halogens is 4. The van der Waals surface area contributed by atoms with Gasteiger partial charge in [-0.15, -0.1) is 0 Å². The van der Waals surface area contributed by atoms with Crippen molar-refractivity contribution in [1.29, 1.82) is 0 Å². The Labute approximate surface area is 139 Å². The minimum atomic E-state index is -4.38. The lowest BCUT2D eigenvalue weighted by molar-refractivity contribution is -0.137. The van der Waals surface area contributed by atoms with Crippen molar-refractivity contribution in [2.75, 3.05) is 0 Å². The highest BCUT2D eigenvalue weighted by Crippen LogP contribution is 2.29. The summed E-state index contributed by atoms with van der Waals surface area (Å²) >= 11 is 3.25. The Hall–Kier alpha value is -1.86. The summed E-state index contributed by atoms with van der Waals surface area (Å²) in [5.74, 6) is -0.401. The second-order valence-corrected chi connectivity index (χ2v) is 5.75. The second-order valence-electron chi connectivity index (χ2n) is 4.84. The molecule has 0 atom stereocenters. The SMILES string of the molecule is O=C(NCc1ccc(C(F)(F)F)cc1)c1ccc(Br)cc1CO. The number of aliphatic hydroxyl groups is 1. The van der Waals surface area contributed by atoms with Gasteiger partial charge in [-0.05, 0) is 41.5 Å². The first-order chi connectivity index (χ1) is 10.8. The highest BCUT2D eigenvalue weighted by atomic mass is 79.9. The number of carbonyl (C=O) groups excluding carboxylic acids is 1. The second kappa shape index (κ2) is 7.14. The predicted octanol–water partition coefficient (Wildman–Crippen LogP) is 3.89. The van der Waals surface area contributed by atoms with Gasteiger partial charge in [0, 0.05) is 16.6 Å². The monoisotopic (exact) mass is 387 g/mol. The van der Waals surface area contributed by atoms with E-state index in [0.717, 1.165) is 16.6 Å². The molecule has 2 N–H and O–H groups in total. The minimum absolute atomic E-state index is 0.0951. The van der Waals surface area contributed by atoms with Crippen molar-refractivity contribution in [3.63, 3.8) is 0 Å². The first kappa shape index (κ1) is 17.5. The molecule has 23 heavy (non-hydrogen) atoms. The highest BCUT2D eigenvalue weighted by molar-refractivity contribution is 9.10. The zero-order valence-corrected chi connectivity index (χ0v) is 13.4. The van der Waals surface area contributed by atoms with Crippen LogP contribution < -0.4 is 5.32 Å². The summed E-state index contributed by atoms with van der Waals surface area (Å²) in [4.78, 5) is 12.1. The third-order valence-electron chi connectivity index (χ3n) is 3.22. The number of nitrogens with one attached hydrogen (secondary N) is 1. The molecule has 0 bridgehead atoms. The third-order valence-corrected chi connectivity index (χ3v) is 3.71. The van der Waals surface area contributed by atoms with Gasteiger partial charge in [-0.3, -0.25) is 4.79 Å². The van der Waals surface area contributed by atoms with E-state index in [1.54, 1.807) is 18.2 Å². The van der Waals surface area contributed by atoms with Gasteiger partial charge in [0.2, 0.25) is 0 Å². The molecule has 7 heteroatoms. The Kier molecular flexibility index (Phi) is 5.43. The lowest BCUT2D eigenvalue weighted by Crippen LogP contribution is -2.24. The fourth-order valence-electron chi connectivity index (χ4n) is 2.00. The molecule has 0 aliphatic heterocycles. The molecule has 0 aromatic heterocycles.